The number of nitrogens with one attached hydrogen (secondary N) is 1. The van der Waals surface area contributed by atoms with E-state index in [4.69, 9.17) is 4.74 Å². The molecule has 3 amide bonds. The van der Waals surface area contributed by atoms with Crippen molar-refractivity contribution in [2.45, 2.75) is 36.7 Å². The first-order valence-electron chi connectivity index (χ1n) is 11.4. The normalized spacial score (nSPS) is 21.5. The summed E-state index contributed by atoms with van der Waals surface area (Å²) in [5, 5.41) is 0. The van der Waals surface area contributed by atoms with Crippen LogP contribution in [0.2, 0.25) is 0 Å². The Bertz CT molecular complexity index is 994. The first-order chi connectivity index (χ1) is 15.8. The molecule has 3 aliphatic heterocycles. The van der Waals surface area contributed by atoms with Crippen LogP contribution < -0.4 is 4.72 Å². The molecule has 33 heavy (non-hydrogen) atoms. The summed E-state index contributed by atoms with van der Waals surface area (Å²) in [5.41, 5.74) is 0.267. The third-order valence-electron chi connectivity index (χ3n) is 6.35. The van der Waals surface area contributed by atoms with E-state index in [-0.39, 0.29) is 55.2 Å². The topological polar surface area (TPSA) is 116 Å². The number of hydrogen-bond donors (Lipinski definition) is 1. The van der Waals surface area contributed by atoms with Gasteiger partial charge in [0.1, 0.15) is 0 Å². The minimum atomic E-state index is -3.77. The number of carbonyl (C=O) groups is 3. The molecule has 4 rings (SSSR count). The van der Waals surface area contributed by atoms with Gasteiger partial charge in [-0.2, -0.15) is 0 Å². The lowest BCUT2D eigenvalue weighted by molar-refractivity contribution is -0.152. The summed E-state index contributed by atoms with van der Waals surface area (Å²) >= 11 is 0. The molecule has 3 saturated heterocycles. The van der Waals surface area contributed by atoms with E-state index in [1.165, 1.54) is 17.0 Å². The zero-order chi connectivity index (χ0) is 23.4. The summed E-state index contributed by atoms with van der Waals surface area (Å²) in [6.45, 7) is 3.18. The summed E-state index contributed by atoms with van der Waals surface area (Å²) in [4.78, 5) is 42.5. The predicted molar refractivity (Wildman–Crippen MR) is 119 cm³/mol. The monoisotopic (exact) mass is 478 g/mol. The van der Waals surface area contributed by atoms with E-state index in [2.05, 4.69) is 4.72 Å². The van der Waals surface area contributed by atoms with Gasteiger partial charge in [-0.05, 0) is 43.9 Å². The number of benzene rings is 1. The molecule has 11 heteroatoms. The van der Waals surface area contributed by atoms with Crippen molar-refractivity contribution < 1.29 is 27.5 Å². The Balaban J connectivity index is 1.34. The largest absolute Gasteiger partial charge is 0.377 e. The smallest absolute Gasteiger partial charge is 0.312 e. The summed E-state index contributed by atoms with van der Waals surface area (Å²) in [6, 6.07) is 5.95. The number of piperazine rings is 1. The van der Waals surface area contributed by atoms with Crippen molar-refractivity contribution in [3.63, 3.8) is 0 Å². The van der Waals surface area contributed by atoms with Crippen molar-refractivity contribution in [1.82, 2.24) is 19.4 Å². The van der Waals surface area contributed by atoms with Gasteiger partial charge in [-0.25, -0.2) is 13.1 Å². The van der Waals surface area contributed by atoms with Crippen LogP contribution in [0.15, 0.2) is 29.2 Å². The Morgan fingerprint density at radius 1 is 0.909 bits per heavy atom. The van der Waals surface area contributed by atoms with Crippen LogP contribution in [0.3, 0.4) is 0 Å². The minimum absolute atomic E-state index is 0.0244. The van der Waals surface area contributed by atoms with Gasteiger partial charge in [0.25, 0.3) is 5.91 Å². The molecule has 0 bridgehead atoms. The second-order valence-corrected chi connectivity index (χ2v) is 10.4. The highest BCUT2D eigenvalue weighted by molar-refractivity contribution is 7.89. The molecule has 0 aliphatic carbocycles. The number of rotatable bonds is 5. The van der Waals surface area contributed by atoms with Crippen molar-refractivity contribution in [3.8, 4) is 0 Å². The first kappa shape index (κ1) is 23.7. The molecule has 1 N–H and O–H groups in total. The zero-order valence-corrected chi connectivity index (χ0v) is 19.4. The molecular weight excluding hydrogens is 448 g/mol. The number of sulfonamides is 1. The average Bonchev–Trinajstić information content (AvgIpc) is 3.56. The Labute approximate surface area is 193 Å². The highest BCUT2D eigenvalue weighted by atomic mass is 32.2. The van der Waals surface area contributed by atoms with Crippen molar-refractivity contribution in [3.05, 3.63) is 29.8 Å². The molecule has 3 aliphatic rings. The summed E-state index contributed by atoms with van der Waals surface area (Å²) < 4.78 is 33.3. The third-order valence-corrected chi connectivity index (χ3v) is 7.77. The summed E-state index contributed by atoms with van der Waals surface area (Å²) in [5.74, 6) is -1.29. The Morgan fingerprint density at radius 3 is 2.18 bits per heavy atom. The maximum Gasteiger partial charge on any atom is 0.312 e. The van der Waals surface area contributed by atoms with Gasteiger partial charge in [0.2, 0.25) is 10.0 Å². The molecule has 1 aromatic rings. The number of nitrogens with zero attached hydrogens (tertiary/aromatic N) is 3. The van der Waals surface area contributed by atoms with Gasteiger partial charge in [-0.3, -0.25) is 14.4 Å². The molecule has 180 valence electrons. The van der Waals surface area contributed by atoms with Crippen molar-refractivity contribution in [1.29, 1.82) is 0 Å². The average molecular weight is 479 g/mol. The fourth-order valence-electron chi connectivity index (χ4n) is 4.37. The van der Waals surface area contributed by atoms with Crippen LogP contribution in [0.5, 0.6) is 0 Å². The van der Waals surface area contributed by atoms with Gasteiger partial charge < -0.3 is 19.4 Å². The van der Waals surface area contributed by atoms with E-state index < -0.39 is 21.8 Å². The number of amides is 3. The molecule has 0 radical (unpaired) electrons. The minimum Gasteiger partial charge on any atom is -0.377 e. The fraction of sp³-hybridized carbons (Fsp3) is 0.591. The van der Waals surface area contributed by atoms with E-state index in [1.807, 2.05) is 0 Å². The van der Waals surface area contributed by atoms with Crippen molar-refractivity contribution >= 4 is 27.7 Å². The van der Waals surface area contributed by atoms with Crippen LogP contribution in [0.1, 0.15) is 36.0 Å². The maximum absolute atomic E-state index is 13.0. The zero-order valence-electron chi connectivity index (χ0n) is 18.6. The van der Waals surface area contributed by atoms with Gasteiger partial charge in [0.05, 0.1) is 11.0 Å². The molecular formula is C22H30N4O6S. The Morgan fingerprint density at radius 2 is 1.55 bits per heavy atom. The van der Waals surface area contributed by atoms with Crippen molar-refractivity contribution in [2.24, 2.45) is 0 Å². The molecule has 0 saturated carbocycles. The van der Waals surface area contributed by atoms with Crippen LogP contribution in [0, 0.1) is 0 Å². The van der Waals surface area contributed by atoms with Crippen LogP contribution >= 0.6 is 0 Å². The summed E-state index contributed by atoms with van der Waals surface area (Å²) in [7, 11) is -3.77. The molecule has 1 aromatic carbocycles. The maximum atomic E-state index is 13.0. The quantitative estimate of drug-likeness (QED) is 0.598. The van der Waals surface area contributed by atoms with Crippen LogP contribution in [0.25, 0.3) is 0 Å². The second kappa shape index (κ2) is 10.2. The molecule has 3 heterocycles. The number of likely N-dealkylation sites (tertiary alicyclic amines) is 1. The first-order valence-corrected chi connectivity index (χ1v) is 12.9. The number of hydrogen-bond acceptors (Lipinski definition) is 6. The Kier molecular flexibility index (Phi) is 7.30. The molecule has 1 unspecified atom stereocenters. The molecule has 0 aromatic heterocycles. The lowest BCUT2D eigenvalue weighted by atomic mass is 10.2. The van der Waals surface area contributed by atoms with Crippen LogP contribution in [0.4, 0.5) is 0 Å². The van der Waals surface area contributed by atoms with Gasteiger partial charge in [0.15, 0.2) is 0 Å². The highest BCUT2D eigenvalue weighted by Crippen LogP contribution is 2.17. The lowest BCUT2D eigenvalue weighted by Gasteiger charge is -2.35. The third kappa shape index (κ3) is 5.53. The van der Waals surface area contributed by atoms with Gasteiger partial charge in [-0.15, -0.1) is 0 Å². The van der Waals surface area contributed by atoms with Crippen molar-refractivity contribution in [2.75, 3.05) is 52.4 Å². The molecule has 1 atom stereocenters. The standard InChI is InChI=1S/C22H30N4O6S/c27-20(25-10-12-26(13-11-25)22(29)21(28)24-8-1-2-9-24)17-5-3-7-19(15-17)33(30,31)23-16-18-6-4-14-32-18/h3,5,7,15,18,23H,1-2,4,6,8-14,16H2. The second-order valence-electron chi connectivity index (χ2n) is 8.60. The molecule has 10 nitrogen and oxygen atoms in total. The summed E-state index contributed by atoms with van der Waals surface area (Å²) in [6.07, 6.45) is 3.45. The van der Waals surface area contributed by atoms with E-state index in [0.29, 0.717) is 19.7 Å². The SMILES string of the molecule is O=C(C(=O)N1CCN(C(=O)c2cccc(S(=O)(=O)NCC3CCCO3)c2)CC1)N1CCCC1. The highest BCUT2D eigenvalue weighted by Gasteiger charge is 2.32. The number of ether oxygens (including phenoxy) is 1. The predicted octanol–water partition coefficient (Wildman–Crippen LogP) is 0.0507. The van der Waals surface area contributed by atoms with Crippen LogP contribution in [-0.4, -0.2) is 99.4 Å². The lowest BCUT2D eigenvalue weighted by Crippen LogP contribution is -2.54. The van der Waals surface area contributed by atoms with E-state index in [9.17, 15) is 22.8 Å². The van der Waals surface area contributed by atoms with E-state index >= 15 is 0 Å². The Hall–Kier alpha value is -2.50. The van der Waals surface area contributed by atoms with E-state index in [0.717, 1.165) is 25.7 Å². The van der Waals surface area contributed by atoms with Gasteiger partial charge >= 0.3 is 11.8 Å². The van der Waals surface area contributed by atoms with Gasteiger partial charge in [-0.1, -0.05) is 6.07 Å². The number of carbonyl (C=O) groups excluding carboxylic acids is 3. The fourth-order valence-corrected chi connectivity index (χ4v) is 5.49. The van der Waals surface area contributed by atoms with Gasteiger partial charge in [0, 0.05) is 58.0 Å². The van der Waals surface area contributed by atoms with E-state index in [1.54, 1.807) is 21.9 Å². The molecule has 0 spiro atoms. The van der Waals surface area contributed by atoms with Crippen LogP contribution in [-0.2, 0) is 24.3 Å². The molecule has 3 fully saturated rings.